The van der Waals surface area contributed by atoms with E-state index in [9.17, 15) is 18.3 Å². The van der Waals surface area contributed by atoms with Gasteiger partial charge < -0.3 is 14.3 Å². The van der Waals surface area contributed by atoms with Gasteiger partial charge in [-0.05, 0) is 72.0 Å². The smallest absolute Gasteiger partial charge is 0.410 e. The molecule has 0 radical (unpaired) electrons. The standard InChI is InChI=1S/C32H45F3N2O3Si/c1-19(2)28-27(29(38)22-11-10-21(18-36-22)32(33,34)35)25(20-12-14-39-15-13-20)26-23(37-28)16-31(6,7)17-24(26)40-41(8,9)30(3,4)5/h10-12,18-19,24,29,38H,13-17H2,1-9H3/t24-,29+/m0/s1. The Morgan fingerprint density at radius 3 is 2.34 bits per heavy atom. The molecule has 4 rings (SSSR count). The summed E-state index contributed by atoms with van der Waals surface area (Å²) < 4.78 is 52.7. The summed E-state index contributed by atoms with van der Waals surface area (Å²) in [5, 5.41) is 11.9. The molecule has 1 aliphatic heterocycles. The monoisotopic (exact) mass is 590 g/mol. The Morgan fingerprint density at radius 1 is 1.15 bits per heavy atom. The highest BCUT2D eigenvalue weighted by atomic mass is 28.4. The maximum absolute atomic E-state index is 13.3. The number of aliphatic hydroxyl groups is 1. The van der Waals surface area contributed by atoms with Gasteiger partial charge in [-0.15, -0.1) is 0 Å². The van der Waals surface area contributed by atoms with Crippen LogP contribution in [0, 0.1) is 5.41 Å². The van der Waals surface area contributed by atoms with Crippen LogP contribution in [0.25, 0.3) is 5.57 Å². The van der Waals surface area contributed by atoms with Crippen LogP contribution in [0.4, 0.5) is 13.2 Å². The molecular weight excluding hydrogens is 545 g/mol. The largest absolute Gasteiger partial charge is 0.417 e. The minimum Gasteiger partial charge on any atom is -0.410 e. The molecule has 1 N–H and O–H groups in total. The summed E-state index contributed by atoms with van der Waals surface area (Å²) in [5.74, 6) is -0.0385. The van der Waals surface area contributed by atoms with E-state index < -0.39 is 26.2 Å². The molecule has 0 fully saturated rings. The average molecular weight is 591 g/mol. The predicted octanol–water partition coefficient (Wildman–Crippen LogP) is 8.54. The van der Waals surface area contributed by atoms with Crippen LogP contribution >= 0.6 is 0 Å². The molecule has 5 nitrogen and oxygen atoms in total. The summed E-state index contributed by atoms with van der Waals surface area (Å²) in [6.45, 7) is 20.7. The van der Waals surface area contributed by atoms with Gasteiger partial charge in [-0.1, -0.05) is 54.5 Å². The van der Waals surface area contributed by atoms with Crippen molar-refractivity contribution in [3.8, 4) is 0 Å². The number of nitrogens with zero attached hydrogens (tertiary/aromatic N) is 2. The Balaban J connectivity index is 2.01. The second-order valence-electron chi connectivity index (χ2n) is 14.1. The molecule has 226 valence electrons. The van der Waals surface area contributed by atoms with Gasteiger partial charge in [-0.25, -0.2) is 0 Å². The van der Waals surface area contributed by atoms with Gasteiger partial charge in [0.15, 0.2) is 8.32 Å². The number of pyridine rings is 2. The van der Waals surface area contributed by atoms with Gasteiger partial charge in [0.25, 0.3) is 0 Å². The molecule has 2 aromatic heterocycles. The number of hydrogen-bond acceptors (Lipinski definition) is 5. The lowest BCUT2D eigenvalue weighted by atomic mass is 9.71. The van der Waals surface area contributed by atoms with E-state index in [1.54, 1.807) is 0 Å². The molecule has 0 saturated heterocycles. The van der Waals surface area contributed by atoms with Gasteiger partial charge in [0.2, 0.25) is 0 Å². The second-order valence-corrected chi connectivity index (χ2v) is 18.9. The third-order valence-electron chi connectivity index (χ3n) is 8.83. The van der Waals surface area contributed by atoms with E-state index in [1.165, 1.54) is 6.07 Å². The highest BCUT2D eigenvalue weighted by Gasteiger charge is 2.45. The van der Waals surface area contributed by atoms with Gasteiger partial charge in [0.1, 0.15) is 6.10 Å². The number of rotatable bonds is 6. The van der Waals surface area contributed by atoms with Crippen molar-refractivity contribution in [2.45, 2.75) is 110 Å². The number of fused-ring (bicyclic) bond motifs is 1. The van der Waals surface area contributed by atoms with E-state index in [1.807, 2.05) is 13.8 Å². The predicted molar refractivity (Wildman–Crippen MR) is 158 cm³/mol. The number of aliphatic hydroxyl groups excluding tert-OH is 1. The number of ether oxygens (including phenoxy) is 1. The van der Waals surface area contributed by atoms with E-state index in [0.29, 0.717) is 25.2 Å². The van der Waals surface area contributed by atoms with Crippen LogP contribution in [0.5, 0.6) is 0 Å². The Labute approximate surface area is 243 Å². The Morgan fingerprint density at radius 2 is 1.83 bits per heavy atom. The van der Waals surface area contributed by atoms with Crippen LogP contribution in [0.3, 0.4) is 0 Å². The van der Waals surface area contributed by atoms with Crippen molar-refractivity contribution < 1.29 is 27.4 Å². The third-order valence-corrected chi connectivity index (χ3v) is 13.3. The van der Waals surface area contributed by atoms with E-state index >= 15 is 0 Å². The summed E-state index contributed by atoms with van der Waals surface area (Å²) in [6.07, 6.45) is -0.911. The number of hydrogen-bond donors (Lipinski definition) is 1. The quantitative estimate of drug-likeness (QED) is 0.342. The fraction of sp³-hybridized carbons (Fsp3) is 0.625. The molecule has 1 aliphatic carbocycles. The Bertz CT molecular complexity index is 1300. The van der Waals surface area contributed by atoms with Crippen molar-refractivity contribution in [3.05, 3.63) is 63.7 Å². The lowest BCUT2D eigenvalue weighted by molar-refractivity contribution is -0.137. The Kier molecular flexibility index (Phi) is 8.71. The first-order valence-electron chi connectivity index (χ1n) is 14.5. The van der Waals surface area contributed by atoms with Crippen LogP contribution in [0.15, 0.2) is 24.4 Å². The zero-order valence-electron chi connectivity index (χ0n) is 25.9. The second kappa shape index (κ2) is 11.2. The maximum atomic E-state index is 13.3. The Hall–Kier alpha value is -2.07. The highest BCUT2D eigenvalue weighted by molar-refractivity contribution is 6.74. The average Bonchev–Trinajstić information content (AvgIpc) is 2.85. The zero-order valence-corrected chi connectivity index (χ0v) is 26.9. The molecule has 0 saturated carbocycles. The van der Waals surface area contributed by atoms with Crippen LogP contribution in [-0.4, -0.2) is 36.6 Å². The fourth-order valence-electron chi connectivity index (χ4n) is 5.63. The molecule has 2 aromatic rings. The third kappa shape index (κ3) is 6.63. The minimum atomic E-state index is -4.51. The van der Waals surface area contributed by atoms with Crippen LogP contribution in [0.1, 0.15) is 119 Å². The molecule has 0 spiro atoms. The first-order chi connectivity index (χ1) is 18.8. The SMILES string of the molecule is CC(C)c1nc2c(c(C3=CCOCC3)c1[C@H](O)c1ccc(C(F)(F)F)cn1)[C@@H](O[Si](C)(C)C(C)(C)C)CC(C)(C)C2. The topological polar surface area (TPSA) is 64.5 Å². The van der Waals surface area contributed by atoms with Gasteiger partial charge >= 0.3 is 6.18 Å². The zero-order chi connectivity index (χ0) is 30.5. The first kappa shape index (κ1) is 31.9. The maximum Gasteiger partial charge on any atom is 0.417 e. The fourth-order valence-corrected chi connectivity index (χ4v) is 6.89. The molecule has 2 atom stereocenters. The van der Waals surface area contributed by atoms with Gasteiger partial charge in [0, 0.05) is 23.0 Å². The van der Waals surface area contributed by atoms with Crippen LogP contribution < -0.4 is 0 Å². The number of halogens is 3. The van der Waals surface area contributed by atoms with Crippen molar-refractivity contribution in [3.63, 3.8) is 0 Å². The molecule has 0 unspecified atom stereocenters. The molecular formula is C32H45F3N2O3Si. The summed E-state index contributed by atoms with van der Waals surface area (Å²) in [6, 6.07) is 2.25. The van der Waals surface area contributed by atoms with E-state index in [0.717, 1.165) is 53.2 Å². The van der Waals surface area contributed by atoms with Crippen molar-refractivity contribution in [1.29, 1.82) is 0 Å². The highest BCUT2D eigenvalue weighted by Crippen LogP contribution is 2.51. The molecule has 2 aliphatic rings. The lowest BCUT2D eigenvalue weighted by Gasteiger charge is -2.45. The summed E-state index contributed by atoms with van der Waals surface area (Å²) in [7, 11) is -2.22. The summed E-state index contributed by atoms with van der Waals surface area (Å²) in [5.41, 5.74) is 4.58. The van der Waals surface area contributed by atoms with Crippen molar-refractivity contribution in [2.75, 3.05) is 13.2 Å². The van der Waals surface area contributed by atoms with Crippen molar-refractivity contribution in [1.82, 2.24) is 9.97 Å². The molecule has 9 heteroatoms. The van der Waals surface area contributed by atoms with E-state index in [4.69, 9.17) is 14.1 Å². The van der Waals surface area contributed by atoms with Crippen LogP contribution in [-0.2, 0) is 21.8 Å². The van der Waals surface area contributed by atoms with E-state index in [2.05, 4.69) is 58.8 Å². The number of alkyl halides is 3. The van der Waals surface area contributed by atoms with E-state index in [-0.39, 0.29) is 28.2 Å². The summed E-state index contributed by atoms with van der Waals surface area (Å²) >= 11 is 0. The van der Waals surface area contributed by atoms with Gasteiger partial charge in [0.05, 0.1) is 36.3 Å². The molecule has 0 bridgehead atoms. The normalized spacial score (nSPS) is 20.5. The van der Waals surface area contributed by atoms with Gasteiger partial charge in [-0.2, -0.15) is 13.2 Å². The van der Waals surface area contributed by atoms with Gasteiger partial charge in [-0.3, -0.25) is 9.97 Å². The molecule has 0 aromatic carbocycles. The number of aromatic nitrogens is 2. The minimum absolute atomic E-state index is 0.00927. The lowest BCUT2D eigenvalue weighted by Crippen LogP contribution is -2.44. The van der Waals surface area contributed by atoms with Crippen molar-refractivity contribution >= 4 is 13.9 Å². The molecule has 3 heterocycles. The molecule has 0 amide bonds. The van der Waals surface area contributed by atoms with Crippen molar-refractivity contribution in [2.24, 2.45) is 5.41 Å². The summed E-state index contributed by atoms with van der Waals surface area (Å²) in [4.78, 5) is 9.31. The molecule has 41 heavy (non-hydrogen) atoms. The van der Waals surface area contributed by atoms with Crippen LogP contribution in [0.2, 0.25) is 18.1 Å². The first-order valence-corrected chi connectivity index (χ1v) is 17.5.